The van der Waals surface area contributed by atoms with Crippen LogP contribution in [0.2, 0.25) is 0 Å². The lowest BCUT2D eigenvalue weighted by Gasteiger charge is -2.30. The number of carbonyl (C=O) groups is 5. The number of hydrogen-bond donors (Lipinski definition) is 6. The first-order chi connectivity index (χ1) is 25.2. The Morgan fingerprint density at radius 2 is 1.21 bits per heavy atom. The maximum atomic E-state index is 14.1. The van der Waals surface area contributed by atoms with E-state index in [1.54, 1.807) is 12.1 Å². The van der Waals surface area contributed by atoms with Crippen molar-refractivity contribution in [1.82, 2.24) is 26.2 Å². The summed E-state index contributed by atoms with van der Waals surface area (Å²) < 4.78 is 5.39. The number of aliphatic hydroxyl groups excluding tert-OH is 1. The Kier molecular flexibility index (Phi) is 17.5. The molecule has 3 rings (SSSR count). The molecule has 0 aromatic heterocycles. The van der Waals surface area contributed by atoms with Crippen LogP contribution in [0.1, 0.15) is 65.0 Å². The van der Waals surface area contributed by atoms with Gasteiger partial charge in [-0.15, -0.1) is 0 Å². The quantitative estimate of drug-likeness (QED) is 0.111. The smallest absolute Gasteiger partial charge is 0.243 e. The molecule has 13 heteroatoms. The molecule has 53 heavy (non-hydrogen) atoms. The Morgan fingerprint density at radius 1 is 0.717 bits per heavy atom. The van der Waals surface area contributed by atoms with E-state index in [-0.39, 0.29) is 43.6 Å². The van der Waals surface area contributed by atoms with Crippen molar-refractivity contribution in [2.45, 2.75) is 96.5 Å². The summed E-state index contributed by atoms with van der Waals surface area (Å²) in [6, 6.07) is 14.4. The third kappa shape index (κ3) is 15.0. The normalized spacial score (nSPS) is 16.8. The monoisotopic (exact) mass is 737 g/mol. The molecule has 6 N–H and O–H groups in total. The van der Waals surface area contributed by atoms with Crippen molar-refractivity contribution < 1.29 is 38.9 Å². The number of benzene rings is 2. The number of Topliss-reactive ketones (excluding diaryl/α,β-unsaturated/α-hetero) is 1. The van der Waals surface area contributed by atoms with Gasteiger partial charge in [0.1, 0.15) is 23.7 Å². The van der Waals surface area contributed by atoms with E-state index >= 15 is 0 Å². The molecule has 0 saturated carbocycles. The summed E-state index contributed by atoms with van der Waals surface area (Å²) in [5.41, 5.74) is -0.337. The molecule has 1 heterocycles. The topological polar surface area (TPSA) is 186 Å². The molecule has 1 saturated heterocycles. The van der Waals surface area contributed by atoms with Crippen LogP contribution in [-0.2, 0) is 41.6 Å². The molecule has 0 spiro atoms. The zero-order valence-corrected chi connectivity index (χ0v) is 31.8. The summed E-state index contributed by atoms with van der Waals surface area (Å²) in [6.45, 7) is 10.3. The van der Waals surface area contributed by atoms with Gasteiger partial charge >= 0.3 is 0 Å². The lowest BCUT2D eigenvalue weighted by atomic mass is 9.90. The van der Waals surface area contributed by atoms with E-state index in [2.05, 4.69) is 21.3 Å². The zero-order chi connectivity index (χ0) is 39.0. The second kappa shape index (κ2) is 21.5. The van der Waals surface area contributed by atoms with Crippen molar-refractivity contribution in [3.8, 4) is 0 Å². The number of hydrogen-bond acceptors (Lipinski definition) is 9. The van der Waals surface area contributed by atoms with E-state index < -0.39 is 59.9 Å². The molecule has 0 unspecified atom stereocenters. The van der Waals surface area contributed by atoms with Crippen molar-refractivity contribution in [1.29, 1.82) is 0 Å². The summed E-state index contributed by atoms with van der Waals surface area (Å²) in [5, 5.41) is 31.5. The summed E-state index contributed by atoms with van der Waals surface area (Å²) in [6.07, 6.45) is 1.33. The number of amides is 4. The van der Waals surface area contributed by atoms with Gasteiger partial charge in [0.05, 0.1) is 32.4 Å². The predicted molar refractivity (Wildman–Crippen MR) is 202 cm³/mol. The minimum atomic E-state index is -2.08. The number of ketones is 1. The number of aliphatic hydroxyl groups is 2. The molecule has 292 valence electrons. The molecule has 4 amide bonds. The molecule has 2 aromatic carbocycles. The van der Waals surface area contributed by atoms with Crippen molar-refractivity contribution in [3.05, 3.63) is 71.8 Å². The molecule has 0 bridgehead atoms. The Labute approximate surface area is 313 Å². The predicted octanol–water partition coefficient (Wildman–Crippen LogP) is 1.54. The maximum absolute atomic E-state index is 14.1. The molecule has 2 aromatic rings. The molecule has 1 aliphatic rings. The molecule has 1 fully saturated rings. The van der Waals surface area contributed by atoms with Gasteiger partial charge in [0.2, 0.25) is 23.6 Å². The number of nitrogens with zero attached hydrogens (tertiary/aromatic N) is 1. The van der Waals surface area contributed by atoms with Crippen LogP contribution < -0.4 is 21.3 Å². The highest BCUT2D eigenvalue weighted by molar-refractivity contribution is 5.97. The Morgan fingerprint density at radius 3 is 1.77 bits per heavy atom. The summed E-state index contributed by atoms with van der Waals surface area (Å²) in [7, 11) is 0. The van der Waals surface area contributed by atoms with Crippen molar-refractivity contribution in [3.63, 3.8) is 0 Å². The van der Waals surface area contributed by atoms with Crippen LogP contribution in [0.5, 0.6) is 0 Å². The average molecular weight is 738 g/mol. The Balaban J connectivity index is 1.84. The Hall–Kier alpha value is -4.17. The first-order valence-electron chi connectivity index (χ1n) is 18.6. The SMILES string of the molecule is CC(C)C[C@H](NC(=O)[C@@H](CCc1ccccc1)NC(=O)CN1CCOCC1)C(=O)N[C@@H](Cc1ccccc1)C(=O)N[C@@H](CC(C)C)C(=O)[C@](C)(O)CO. The third-order valence-corrected chi connectivity index (χ3v) is 9.12. The number of carbonyl (C=O) groups excluding carboxylic acids is 5. The Bertz CT molecular complexity index is 1460. The highest BCUT2D eigenvalue weighted by Crippen LogP contribution is 2.16. The van der Waals surface area contributed by atoms with E-state index in [0.29, 0.717) is 39.1 Å². The number of aryl methyl sites for hydroxylation is 1. The standard InChI is InChI=1S/C40H59N5O8/c1-27(2)22-32(36(48)40(5,52)26-46)42-39(51)34(24-30-14-10-7-11-15-30)44-38(50)33(23-28(3)4)43-37(49)31(17-16-29-12-8-6-9-13-29)41-35(47)25-45-18-20-53-21-19-45/h6-15,27-28,31-34,46,52H,16-26H2,1-5H3,(H,41,47)(H,42,51)(H,43,49)(H,44,50)/t31-,32+,33+,34+,40-/m1/s1. The van der Waals surface area contributed by atoms with Crippen LogP contribution in [0.4, 0.5) is 0 Å². The van der Waals surface area contributed by atoms with E-state index in [4.69, 9.17) is 4.74 Å². The fourth-order valence-electron chi connectivity index (χ4n) is 6.16. The average Bonchev–Trinajstić information content (AvgIpc) is 3.12. The molecule has 1 aliphatic heterocycles. The van der Waals surface area contributed by atoms with Gasteiger partial charge in [-0.3, -0.25) is 28.9 Å². The molecular formula is C40H59N5O8. The molecule has 0 aliphatic carbocycles. The molecule has 13 nitrogen and oxygen atoms in total. The minimum Gasteiger partial charge on any atom is -0.393 e. The number of rotatable bonds is 21. The zero-order valence-electron chi connectivity index (χ0n) is 31.8. The van der Waals surface area contributed by atoms with Crippen LogP contribution in [0.25, 0.3) is 0 Å². The largest absolute Gasteiger partial charge is 0.393 e. The first-order valence-corrected chi connectivity index (χ1v) is 18.6. The van der Waals surface area contributed by atoms with Gasteiger partial charge in [0, 0.05) is 19.5 Å². The lowest BCUT2D eigenvalue weighted by Crippen LogP contribution is -2.60. The molecule has 0 radical (unpaired) electrons. The van der Waals surface area contributed by atoms with E-state index in [1.165, 1.54) is 6.92 Å². The van der Waals surface area contributed by atoms with Crippen molar-refractivity contribution in [2.75, 3.05) is 39.5 Å². The van der Waals surface area contributed by atoms with Gasteiger partial charge in [-0.1, -0.05) is 88.4 Å². The van der Waals surface area contributed by atoms with Crippen LogP contribution in [0.15, 0.2) is 60.7 Å². The fraction of sp³-hybridized carbons (Fsp3) is 0.575. The first kappa shape index (κ1) is 43.2. The lowest BCUT2D eigenvalue weighted by molar-refractivity contribution is -0.144. The third-order valence-electron chi connectivity index (χ3n) is 9.12. The second-order valence-corrected chi connectivity index (χ2v) is 15.0. The van der Waals surface area contributed by atoms with E-state index in [0.717, 1.165) is 11.1 Å². The summed E-state index contributed by atoms with van der Waals surface area (Å²) in [5.74, 6) is -2.89. The van der Waals surface area contributed by atoms with Gasteiger partial charge in [-0.2, -0.15) is 0 Å². The minimum absolute atomic E-state index is 0.0279. The van der Waals surface area contributed by atoms with Gasteiger partial charge < -0.3 is 36.2 Å². The maximum Gasteiger partial charge on any atom is 0.243 e. The number of morpholine rings is 1. The van der Waals surface area contributed by atoms with Gasteiger partial charge in [0.15, 0.2) is 5.78 Å². The van der Waals surface area contributed by atoms with Crippen LogP contribution >= 0.6 is 0 Å². The van der Waals surface area contributed by atoms with Crippen LogP contribution in [-0.4, -0.2) is 114 Å². The van der Waals surface area contributed by atoms with E-state index in [1.807, 2.05) is 81.1 Å². The van der Waals surface area contributed by atoms with Gasteiger partial charge in [-0.25, -0.2) is 0 Å². The van der Waals surface area contributed by atoms with Gasteiger partial charge in [0.25, 0.3) is 0 Å². The van der Waals surface area contributed by atoms with E-state index in [9.17, 15) is 34.2 Å². The fourth-order valence-corrected chi connectivity index (χ4v) is 6.16. The summed E-state index contributed by atoms with van der Waals surface area (Å²) >= 11 is 0. The van der Waals surface area contributed by atoms with Crippen molar-refractivity contribution >= 4 is 29.4 Å². The van der Waals surface area contributed by atoms with Crippen LogP contribution in [0.3, 0.4) is 0 Å². The molecular weight excluding hydrogens is 678 g/mol. The van der Waals surface area contributed by atoms with Crippen LogP contribution in [0, 0.1) is 11.8 Å². The second-order valence-electron chi connectivity index (χ2n) is 15.0. The number of nitrogens with one attached hydrogen (secondary N) is 4. The molecule has 5 atom stereocenters. The number of ether oxygens (including phenoxy) is 1. The highest BCUT2D eigenvalue weighted by Gasteiger charge is 2.38. The van der Waals surface area contributed by atoms with Gasteiger partial charge in [-0.05, 0) is 55.6 Å². The highest BCUT2D eigenvalue weighted by atomic mass is 16.5. The van der Waals surface area contributed by atoms with Crippen molar-refractivity contribution in [2.24, 2.45) is 11.8 Å². The summed E-state index contributed by atoms with van der Waals surface area (Å²) in [4.78, 5) is 70.2.